The average molecular weight is 423 g/mol. The molecule has 0 spiro atoms. The Labute approximate surface area is 178 Å². The Balaban J connectivity index is 2.16. The van der Waals surface area contributed by atoms with Crippen molar-refractivity contribution >= 4 is 34.1 Å². The third kappa shape index (κ3) is 5.81. The minimum Gasteiger partial charge on any atom is -0.462 e. The fourth-order valence-electron chi connectivity index (χ4n) is 3.88. The van der Waals surface area contributed by atoms with Crippen LogP contribution in [0.15, 0.2) is 0 Å². The van der Waals surface area contributed by atoms with E-state index in [0.29, 0.717) is 21.0 Å². The maximum absolute atomic E-state index is 12.9. The van der Waals surface area contributed by atoms with Crippen molar-refractivity contribution in [3.8, 4) is 0 Å². The molecule has 1 N–H and O–H groups in total. The molecule has 2 amide bonds. The van der Waals surface area contributed by atoms with Crippen LogP contribution in [0.1, 0.15) is 84.4 Å². The molecule has 0 atom stereocenters. The molecule has 0 aromatic carbocycles. The second-order valence-electron chi connectivity index (χ2n) is 8.03. The Morgan fingerprint density at radius 2 is 1.79 bits per heavy atom. The fraction of sp³-hybridized carbons (Fsp3) is 0.682. The third-order valence-corrected chi connectivity index (χ3v) is 6.84. The normalized spacial score (nSPS) is 18.9. The number of hydrogen-bond acceptors (Lipinski definition) is 5. The predicted octanol–water partition coefficient (Wildman–Crippen LogP) is 4.87. The van der Waals surface area contributed by atoms with Gasteiger partial charge in [0.25, 0.3) is 5.91 Å². The van der Waals surface area contributed by atoms with Crippen LogP contribution in [0.25, 0.3) is 0 Å². The minimum atomic E-state index is -0.502. The maximum Gasteiger partial charge on any atom is 0.341 e. The van der Waals surface area contributed by atoms with Gasteiger partial charge in [0.1, 0.15) is 5.00 Å². The number of unbranched alkanes of at least 4 members (excludes halogenated alkanes) is 1. The first-order valence-electron chi connectivity index (χ1n) is 10.6. The van der Waals surface area contributed by atoms with E-state index in [4.69, 9.17) is 4.74 Å². The maximum atomic E-state index is 12.9. The van der Waals surface area contributed by atoms with Gasteiger partial charge in [-0.15, -0.1) is 11.3 Å². The summed E-state index contributed by atoms with van der Waals surface area (Å²) >= 11 is 1.16. The van der Waals surface area contributed by atoms with Crippen LogP contribution < -0.4 is 5.32 Å². The summed E-state index contributed by atoms with van der Waals surface area (Å²) in [5.74, 6) is -0.0667. The van der Waals surface area contributed by atoms with Gasteiger partial charge in [0.2, 0.25) is 5.91 Å². The molecule has 0 saturated heterocycles. The molecule has 1 saturated carbocycles. The zero-order valence-electron chi connectivity index (χ0n) is 18.3. The molecule has 1 fully saturated rings. The van der Waals surface area contributed by atoms with Crippen LogP contribution in [0.5, 0.6) is 0 Å². The number of amides is 2. The Morgan fingerprint density at radius 1 is 1.14 bits per heavy atom. The summed E-state index contributed by atoms with van der Waals surface area (Å²) in [6.07, 6.45) is 7.63. The number of hydrogen-bond donors (Lipinski definition) is 1. The van der Waals surface area contributed by atoms with E-state index in [-0.39, 0.29) is 24.3 Å². The zero-order valence-corrected chi connectivity index (χ0v) is 19.1. The number of anilines is 1. The number of nitrogens with zero attached hydrogens (tertiary/aromatic N) is 1. The number of rotatable bonds is 8. The molecule has 162 valence electrons. The fourth-order valence-corrected chi connectivity index (χ4v) is 5.10. The summed E-state index contributed by atoms with van der Waals surface area (Å²) in [6.45, 7) is 5.91. The molecule has 7 heteroatoms. The lowest BCUT2D eigenvalue weighted by molar-refractivity contribution is -0.121. The number of ether oxygens (including phenoxy) is 1. The molecule has 2 rings (SSSR count). The molecule has 1 aromatic heterocycles. The van der Waals surface area contributed by atoms with Gasteiger partial charge < -0.3 is 15.0 Å². The number of thiophene rings is 1. The van der Waals surface area contributed by atoms with Crippen molar-refractivity contribution < 1.29 is 19.1 Å². The molecule has 0 aliphatic heterocycles. The van der Waals surface area contributed by atoms with Crippen molar-refractivity contribution in [1.29, 1.82) is 0 Å². The Morgan fingerprint density at radius 3 is 2.34 bits per heavy atom. The van der Waals surface area contributed by atoms with E-state index in [1.807, 2.05) is 0 Å². The van der Waals surface area contributed by atoms with Gasteiger partial charge in [-0.05, 0) is 51.0 Å². The number of carbonyl (C=O) groups excluding carboxylic acids is 3. The second-order valence-corrected chi connectivity index (χ2v) is 9.05. The van der Waals surface area contributed by atoms with E-state index in [9.17, 15) is 14.4 Å². The van der Waals surface area contributed by atoms with Crippen LogP contribution in [-0.2, 0) is 9.53 Å². The highest BCUT2D eigenvalue weighted by molar-refractivity contribution is 7.18. The summed E-state index contributed by atoms with van der Waals surface area (Å²) in [6, 6.07) is 0. The van der Waals surface area contributed by atoms with E-state index in [1.165, 1.54) is 24.2 Å². The highest BCUT2D eigenvalue weighted by Gasteiger charge is 2.30. The lowest BCUT2D eigenvalue weighted by Gasteiger charge is -2.27. The van der Waals surface area contributed by atoms with Gasteiger partial charge in [0, 0.05) is 20.0 Å². The first-order chi connectivity index (χ1) is 13.8. The van der Waals surface area contributed by atoms with Crippen molar-refractivity contribution in [2.75, 3.05) is 26.0 Å². The lowest BCUT2D eigenvalue weighted by atomic mass is 9.79. The minimum absolute atomic E-state index is 0.0432. The van der Waals surface area contributed by atoms with Crippen molar-refractivity contribution in [2.24, 2.45) is 11.8 Å². The summed E-state index contributed by atoms with van der Waals surface area (Å²) < 4.78 is 5.17. The van der Waals surface area contributed by atoms with Crippen LogP contribution >= 0.6 is 11.3 Å². The summed E-state index contributed by atoms with van der Waals surface area (Å²) in [4.78, 5) is 39.8. The van der Waals surface area contributed by atoms with E-state index in [0.717, 1.165) is 42.9 Å². The highest BCUT2D eigenvalue weighted by atomic mass is 32.1. The van der Waals surface area contributed by atoms with Gasteiger partial charge in [-0.1, -0.05) is 26.2 Å². The largest absolute Gasteiger partial charge is 0.462 e. The third-order valence-electron chi connectivity index (χ3n) is 5.65. The van der Waals surface area contributed by atoms with Crippen molar-refractivity contribution in [1.82, 2.24) is 4.90 Å². The van der Waals surface area contributed by atoms with Gasteiger partial charge in [-0.25, -0.2) is 4.79 Å². The molecule has 0 radical (unpaired) electrons. The zero-order chi connectivity index (χ0) is 21.6. The van der Waals surface area contributed by atoms with Crippen LogP contribution in [0, 0.1) is 18.8 Å². The van der Waals surface area contributed by atoms with E-state index in [1.54, 1.807) is 27.9 Å². The van der Waals surface area contributed by atoms with Crippen LogP contribution in [-0.4, -0.2) is 43.4 Å². The molecular formula is C22H34N2O4S. The van der Waals surface area contributed by atoms with Gasteiger partial charge in [0.15, 0.2) is 0 Å². The van der Waals surface area contributed by atoms with Crippen LogP contribution in [0.4, 0.5) is 5.00 Å². The molecule has 0 unspecified atom stereocenters. The summed E-state index contributed by atoms with van der Waals surface area (Å²) in [5.41, 5.74) is 0.859. The molecular weight excluding hydrogens is 388 g/mol. The van der Waals surface area contributed by atoms with Crippen LogP contribution in [0.3, 0.4) is 0 Å². The molecule has 6 nitrogen and oxygen atoms in total. The molecule has 0 bridgehead atoms. The smallest absolute Gasteiger partial charge is 0.341 e. The molecule has 1 heterocycles. The molecule has 1 aliphatic rings. The van der Waals surface area contributed by atoms with Gasteiger partial charge in [-0.3, -0.25) is 9.59 Å². The second kappa shape index (κ2) is 10.8. The van der Waals surface area contributed by atoms with Gasteiger partial charge in [0.05, 0.1) is 17.0 Å². The van der Waals surface area contributed by atoms with Gasteiger partial charge >= 0.3 is 5.97 Å². The van der Waals surface area contributed by atoms with E-state index < -0.39 is 5.97 Å². The Hall–Kier alpha value is -1.89. The van der Waals surface area contributed by atoms with Crippen LogP contribution in [0.2, 0.25) is 0 Å². The van der Waals surface area contributed by atoms with Gasteiger partial charge in [-0.2, -0.15) is 0 Å². The van der Waals surface area contributed by atoms with Crippen molar-refractivity contribution in [2.45, 2.75) is 65.7 Å². The summed E-state index contributed by atoms with van der Waals surface area (Å²) in [5, 5.41) is 3.36. The monoisotopic (exact) mass is 422 g/mol. The first kappa shape index (κ1) is 23.4. The predicted molar refractivity (Wildman–Crippen MR) is 117 cm³/mol. The van der Waals surface area contributed by atoms with Crippen molar-refractivity contribution in [3.63, 3.8) is 0 Å². The first-order valence-corrected chi connectivity index (χ1v) is 11.4. The topological polar surface area (TPSA) is 75.7 Å². The molecule has 1 aliphatic carbocycles. The Bertz CT molecular complexity index is 733. The highest BCUT2D eigenvalue weighted by Crippen LogP contribution is 2.37. The Kier molecular flexibility index (Phi) is 8.68. The average Bonchev–Trinajstić information content (AvgIpc) is 3.01. The summed E-state index contributed by atoms with van der Waals surface area (Å²) in [7, 11) is 3.33. The quantitative estimate of drug-likeness (QED) is 0.607. The number of esters is 1. The molecule has 1 aromatic rings. The standard InChI is InChI=1S/C22H34N2O4S/c1-6-8-9-15-10-12-16(13-11-15)19(25)23-20-17(22(27)28-7-2)14(3)18(29-20)21(26)24(4)5/h15-16H,6-13H2,1-5H3,(H,23,25). The number of carbonyl (C=O) groups is 3. The van der Waals surface area contributed by atoms with E-state index in [2.05, 4.69) is 12.2 Å². The van der Waals surface area contributed by atoms with E-state index >= 15 is 0 Å². The van der Waals surface area contributed by atoms with Crippen molar-refractivity contribution in [3.05, 3.63) is 16.0 Å². The lowest BCUT2D eigenvalue weighted by Crippen LogP contribution is -2.27. The number of nitrogens with one attached hydrogen (secondary N) is 1. The molecule has 29 heavy (non-hydrogen) atoms. The SMILES string of the molecule is CCCCC1CCC(C(=O)Nc2sc(C(=O)N(C)C)c(C)c2C(=O)OCC)CC1.